The van der Waals surface area contributed by atoms with Crippen LogP contribution >= 0.6 is 0 Å². The van der Waals surface area contributed by atoms with Crippen molar-refractivity contribution >= 4 is 22.4 Å². The van der Waals surface area contributed by atoms with Gasteiger partial charge in [-0.15, -0.1) is 0 Å². The van der Waals surface area contributed by atoms with E-state index in [2.05, 4.69) is 15.3 Å². The molecule has 1 aliphatic rings. The van der Waals surface area contributed by atoms with Crippen LogP contribution in [0.25, 0.3) is 0 Å². The number of aryl methyl sites for hydroxylation is 1. The molecule has 0 amide bonds. The highest BCUT2D eigenvalue weighted by atomic mass is 32.2. The number of nitrogens with zero attached hydrogens (tertiary/aromatic N) is 2. The molecule has 0 bridgehead atoms. The topological polar surface area (TPSA) is 80.9 Å². The molecule has 0 atom stereocenters. The van der Waals surface area contributed by atoms with Crippen LogP contribution in [0, 0.1) is 0 Å². The molecule has 2 rings (SSSR count). The van der Waals surface area contributed by atoms with Gasteiger partial charge >= 0.3 is 0 Å². The van der Waals surface area contributed by atoms with E-state index in [1.807, 2.05) is 6.92 Å². The lowest BCUT2D eigenvalue weighted by Gasteiger charge is -2.23. The highest BCUT2D eigenvalue weighted by Gasteiger charge is 2.18. The van der Waals surface area contributed by atoms with Crippen molar-refractivity contribution in [3.8, 4) is 0 Å². The van der Waals surface area contributed by atoms with E-state index in [0.717, 1.165) is 42.4 Å². The predicted molar refractivity (Wildman–Crippen MR) is 70.3 cm³/mol. The summed E-state index contributed by atoms with van der Waals surface area (Å²) in [4.78, 5) is 8.52. The molecule has 17 heavy (non-hydrogen) atoms. The lowest BCUT2D eigenvalue weighted by atomic mass is 10.1. The minimum Gasteiger partial charge on any atom is -0.384 e. The normalized spacial score (nSPS) is 24.5. The minimum absolute atomic E-state index is 0.353. The molecule has 1 aromatic heterocycles. The number of hydrogen-bond acceptors (Lipinski definition) is 5. The van der Waals surface area contributed by atoms with Gasteiger partial charge < -0.3 is 11.1 Å². The summed E-state index contributed by atoms with van der Waals surface area (Å²) in [7, 11) is -0.627. The van der Waals surface area contributed by atoms with Crippen LogP contribution < -0.4 is 11.1 Å². The van der Waals surface area contributed by atoms with E-state index in [1.165, 1.54) is 0 Å². The van der Waals surface area contributed by atoms with Crippen molar-refractivity contribution in [3.63, 3.8) is 0 Å². The Kier molecular flexibility index (Phi) is 3.93. The Hall–Kier alpha value is -1.17. The first-order valence-electron chi connectivity index (χ1n) is 5.92. The molecule has 94 valence electrons. The standard InChI is InChI=1S/C11H18N4OS/c1-2-10-14-9(12)7-11(15-10)13-8-3-5-17(16)6-4-8/h7-8H,2-6H2,1H3,(H3,12,13,14,15). The number of aromatic nitrogens is 2. The highest BCUT2D eigenvalue weighted by molar-refractivity contribution is 7.85. The third-order valence-corrected chi connectivity index (χ3v) is 4.23. The van der Waals surface area contributed by atoms with Gasteiger partial charge in [0.25, 0.3) is 0 Å². The Morgan fingerprint density at radius 1 is 1.47 bits per heavy atom. The van der Waals surface area contributed by atoms with Gasteiger partial charge in [-0.25, -0.2) is 9.97 Å². The average molecular weight is 254 g/mol. The summed E-state index contributed by atoms with van der Waals surface area (Å²) < 4.78 is 11.3. The maximum absolute atomic E-state index is 11.3. The van der Waals surface area contributed by atoms with Crippen LogP contribution in [0.1, 0.15) is 25.6 Å². The molecule has 0 radical (unpaired) electrons. The Labute approximate surface area is 104 Å². The van der Waals surface area contributed by atoms with Crippen molar-refractivity contribution in [2.24, 2.45) is 0 Å². The van der Waals surface area contributed by atoms with E-state index >= 15 is 0 Å². The molecule has 1 saturated heterocycles. The Morgan fingerprint density at radius 3 is 2.82 bits per heavy atom. The second-order valence-electron chi connectivity index (χ2n) is 4.21. The summed E-state index contributed by atoms with van der Waals surface area (Å²) >= 11 is 0. The van der Waals surface area contributed by atoms with Gasteiger partial charge in [0, 0.05) is 40.8 Å². The zero-order valence-corrected chi connectivity index (χ0v) is 10.8. The summed E-state index contributed by atoms with van der Waals surface area (Å²) in [5.41, 5.74) is 5.72. The fourth-order valence-corrected chi connectivity index (χ4v) is 3.20. The minimum atomic E-state index is -0.627. The smallest absolute Gasteiger partial charge is 0.132 e. The zero-order chi connectivity index (χ0) is 12.3. The van der Waals surface area contributed by atoms with Gasteiger partial charge in [-0.05, 0) is 12.8 Å². The van der Waals surface area contributed by atoms with Crippen LogP contribution in [0.15, 0.2) is 6.07 Å². The zero-order valence-electron chi connectivity index (χ0n) is 9.98. The summed E-state index contributed by atoms with van der Waals surface area (Å²) in [6, 6.07) is 2.11. The van der Waals surface area contributed by atoms with Crippen LogP contribution in [0.3, 0.4) is 0 Å². The number of anilines is 2. The van der Waals surface area contributed by atoms with Crippen molar-refractivity contribution in [2.45, 2.75) is 32.2 Å². The molecule has 2 heterocycles. The number of nitrogens with one attached hydrogen (secondary N) is 1. The summed E-state index contributed by atoms with van der Waals surface area (Å²) in [5.74, 6) is 3.59. The molecule has 0 spiro atoms. The number of rotatable bonds is 3. The first-order chi connectivity index (χ1) is 8.17. The lowest BCUT2D eigenvalue weighted by molar-refractivity contribution is 0.622. The fourth-order valence-electron chi connectivity index (χ4n) is 1.90. The van der Waals surface area contributed by atoms with Gasteiger partial charge in [-0.3, -0.25) is 4.21 Å². The van der Waals surface area contributed by atoms with Crippen LogP contribution in [0.2, 0.25) is 0 Å². The van der Waals surface area contributed by atoms with Gasteiger partial charge in [0.15, 0.2) is 0 Å². The van der Waals surface area contributed by atoms with E-state index in [1.54, 1.807) is 6.07 Å². The van der Waals surface area contributed by atoms with Crippen LogP contribution in [0.4, 0.5) is 11.6 Å². The van der Waals surface area contributed by atoms with E-state index in [4.69, 9.17) is 5.73 Å². The fraction of sp³-hybridized carbons (Fsp3) is 0.636. The second-order valence-corrected chi connectivity index (χ2v) is 5.91. The van der Waals surface area contributed by atoms with E-state index in [9.17, 15) is 4.21 Å². The number of hydrogen-bond donors (Lipinski definition) is 2. The molecule has 5 nitrogen and oxygen atoms in total. The van der Waals surface area contributed by atoms with E-state index in [0.29, 0.717) is 11.9 Å². The third-order valence-electron chi connectivity index (χ3n) is 2.85. The number of nitrogens with two attached hydrogens (primary N) is 1. The van der Waals surface area contributed by atoms with Gasteiger partial charge in [-0.2, -0.15) is 0 Å². The van der Waals surface area contributed by atoms with E-state index in [-0.39, 0.29) is 0 Å². The first kappa shape index (κ1) is 12.3. The molecule has 6 heteroatoms. The Bertz CT molecular complexity index is 414. The quantitative estimate of drug-likeness (QED) is 0.839. The molecular formula is C11H18N4OS. The highest BCUT2D eigenvalue weighted by Crippen LogP contribution is 2.16. The summed E-state index contributed by atoms with van der Waals surface area (Å²) in [6.45, 7) is 2.00. The summed E-state index contributed by atoms with van der Waals surface area (Å²) in [6.07, 6.45) is 2.63. The van der Waals surface area contributed by atoms with Crippen molar-refractivity contribution in [2.75, 3.05) is 22.6 Å². The summed E-state index contributed by atoms with van der Waals surface area (Å²) in [5, 5.41) is 3.35. The van der Waals surface area contributed by atoms with Gasteiger partial charge in [0.1, 0.15) is 17.5 Å². The molecule has 1 aliphatic heterocycles. The van der Waals surface area contributed by atoms with Crippen LogP contribution in [-0.4, -0.2) is 31.7 Å². The van der Waals surface area contributed by atoms with Crippen molar-refractivity contribution in [1.29, 1.82) is 0 Å². The first-order valence-corrected chi connectivity index (χ1v) is 7.41. The van der Waals surface area contributed by atoms with Crippen molar-refractivity contribution in [1.82, 2.24) is 9.97 Å². The molecule has 0 aromatic carbocycles. The average Bonchev–Trinajstić information content (AvgIpc) is 2.31. The third kappa shape index (κ3) is 3.39. The predicted octanol–water partition coefficient (Wildman–Crippen LogP) is 0.944. The van der Waals surface area contributed by atoms with Crippen LogP contribution in [0.5, 0.6) is 0 Å². The molecular weight excluding hydrogens is 236 g/mol. The Morgan fingerprint density at radius 2 is 2.18 bits per heavy atom. The van der Waals surface area contributed by atoms with Gasteiger partial charge in [-0.1, -0.05) is 6.92 Å². The molecule has 1 fully saturated rings. The lowest BCUT2D eigenvalue weighted by Crippen LogP contribution is -2.29. The monoisotopic (exact) mass is 254 g/mol. The maximum Gasteiger partial charge on any atom is 0.132 e. The van der Waals surface area contributed by atoms with Gasteiger partial charge in [0.2, 0.25) is 0 Å². The molecule has 0 unspecified atom stereocenters. The molecule has 3 N–H and O–H groups in total. The van der Waals surface area contributed by atoms with Crippen molar-refractivity contribution in [3.05, 3.63) is 11.9 Å². The molecule has 0 aliphatic carbocycles. The number of nitrogen functional groups attached to an aromatic ring is 1. The largest absolute Gasteiger partial charge is 0.384 e. The second kappa shape index (κ2) is 5.44. The maximum atomic E-state index is 11.3. The Balaban J connectivity index is 2.02. The molecule has 1 aromatic rings. The van der Waals surface area contributed by atoms with E-state index < -0.39 is 10.8 Å². The van der Waals surface area contributed by atoms with Crippen LogP contribution in [-0.2, 0) is 17.2 Å². The van der Waals surface area contributed by atoms with Gasteiger partial charge in [0.05, 0.1) is 0 Å². The SMILES string of the molecule is CCc1nc(N)cc(NC2CCS(=O)CC2)n1. The van der Waals surface area contributed by atoms with Crippen molar-refractivity contribution < 1.29 is 4.21 Å². The molecule has 0 saturated carbocycles.